The van der Waals surface area contributed by atoms with Gasteiger partial charge in [0.25, 0.3) is 0 Å². The molecule has 0 amide bonds. The zero-order valence-electron chi connectivity index (χ0n) is 30.3. The van der Waals surface area contributed by atoms with E-state index in [1.54, 1.807) is 24.1 Å². The topological polar surface area (TPSA) is 128 Å². The van der Waals surface area contributed by atoms with Crippen LogP contribution < -0.4 is 4.85 Å². The maximum atomic E-state index is 12.5. The molecule has 4 aliphatic carbocycles. The van der Waals surface area contributed by atoms with Gasteiger partial charge in [0.05, 0.1) is 60.9 Å². The molecule has 8 rings (SSSR count). The number of hydrogen-bond donors (Lipinski definition) is 0. The first-order chi connectivity index (χ1) is 24.1. The highest BCUT2D eigenvalue weighted by molar-refractivity contribution is 6.01. The second-order valence-electron chi connectivity index (χ2n) is 15.0. The van der Waals surface area contributed by atoms with Crippen LogP contribution in [-0.2, 0) is 61.5 Å². The van der Waals surface area contributed by atoms with Gasteiger partial charge in [0, 0.05) is 66.7 Å². The molecule has 0 N–H and O–H groups in total. The van der Waals surface area contributed by atoms with Gasteiger partial charge in [0.1, 0.15) is 0 Å². The number of rotatable bonds is 2. The normalized spacial score (nSPS) is 26.8. The Kier molecular flexibility index (Phi) is 9.81. The monoisotopic (exact) mass is 718 g/mol. The van der Waals surface area contributed by atoms with Crippen LogP contribution in [0.1, 0.15) is 77.9 Å². The molecule has 0 radical (unpaired) electrons. The van der Waals surface area contributed by atoms with Crippen LogP contribution in [0.5, 0.6) is 0 Å². The lowest BCUT2D eigenvalue weighted by atomic mass is 9.58. The first kappa shape index (κ1) is 38.7. The van der Waals surface area contributed by atoms with E-state index in [1.165, 1.54) is 10.2 Å². The summed E-state index contributed by atoms with van der Waals surface area (Å²) in [5, 5.41) is 25.8. The molecule has 0 unspecified atom stereocenters. The third-order valence-electron chi connectivity index (χ3n) is 12.1. The number of aryl methyl sites for hydroxylation is 4. The van der Waals surface area contributed by atoms with E-state index in [2.05, 4.69) is 28.6 Å². The lowest BCUT2D eigenvalue weighted by Gasteiger charge is -2.44. The number of carbonyl (C=O) groups excluding carboxylic acids is 2. The fraction of sp³-hybridized carbons (Fsp3) is 0.500. The maximum absolute atomic E-state index is 12.5. The van der Waals surface area contributed by atoms with Crippen molar-refractivity contribution in [2.75, 3.05) is 0 Å². The van der Waals surface area contributed by atoms with E-state index in [1.807, 2.05) is 68.9 Å². The number of fused-ring (bicyclic) bond motifs is 6. The minimum absolute atomic E-state index is 0. The van der Waals surface area contributed by atoms with E-state index in [-0.39, 0.29) is 66.9 Å². The summed E-state index contributed by atoms with van der Waals surface area (Å²) < 4.78 is 7.02. The second kappa shape index (κ2) is 13.4. The summed E-state index contributed by atoms with van der Waals surface area (Å²) in [4.78, 5) is 32.6. The molecule has 6 atom stereocenters. The van der Waals surface area contributed by atoms with Gasteiger partial charge >= 0.3 is 0 Å². The van der Waals surface area contributed by atoms with Gasteiger partial charge in [-0.25, -0.2) is 9.69 Å². The average molecular weight is 719 g/mol. The van der Waals surface area contributed by atoms with E-state index < -0.39 is 5.41 Å². The predicted octanol–water partition coefficient (Wildman–Crippen LogP) is 5.84. The van der Waals surface area contributed by atoms with Gasteiger partial charge in [0.2, 0.25) is 17.6 Å². The summed E-state index contributed by atoms with van der Waals surface area (Å²) in [6.45, 7) is 22.8. The van der Waals surface area contributed by atoms with E-state index in [9.17, 15) is 14.8 Å². The molecule has 13 nitrogen and oxygen atoms in total. The molecule has 0 saturated heterocycles. The first-order valence-electron chi connectivity index (χ1n) is 17.3. The average Bonchev–Trinajstić information content (AvgIpc) is 3.85. The molecule has 53 heavy (non-hydrogen) atoms. The number of aromatic nitrogens is 8. The summed E-state index contributed by atoms with van der Waals surface area (Å²) in [6.07, 6.45) is 14.4. The van der Waals surface area contributed by atoms with Crippen molar-refractivity contribution in [2.45, 2.75) is 79.1 Å². The van der Waals surface area contributed by atoms with E-state index in [4.69, 9.17) is 23.3 Å². The number of carbonyl (C=O) groups is 2. The van der Waals surface area contributed by atoms with Crippen molar-refractivity contribution in [3.05, 3.63) is 98.9 Å². The van der Waals surface area contributed by atoms with Crippen LogP contribution in [0.2, 0.25) is 0 Å². The summed E-state index contributed by atoms with van der Waals surface area (Å²) in [6, 6.07) is 0. The highest BCUT2D eigenvalue weighted by atomic mass is 16.5. The third kappa shape index (κ3) is 5.65. The maximum Gasteiger partial charge on any atom is 0.226 e. The Morgan fingerprint density at radius 1 is 0.792 bits per heavy atom. The van der Waals surface area contributed by atoms with Gasteiger partial charge in [-0.05, 0) is 37.5 Å². The van der Waals surface area contributed by atoms with E-state index in [0.717, 1.165) is 70.0 Å². The van der Waals surface area contributed by atoms with Gasteiger partial charge in [-0.2, -0.15) is 20.0 Å². The molecule has 0 fully saturated rings. The Labute approximate surface area is 311 Å². The number of Topliss-reactive ketones (excluding diaryl/α,β-unsaturated/α-hetero) is 2. The van der Waals surface area contributed by atoms with E-state index >= 15 is 0 Å². The van der Waals surface area contributed by atoms with Crippen molar-refractivity contribution >= 4 is 11.6 Å². The zero-order chi connectivity index (χ0) is 36.7. The molecule has 0 aliphatic heterocycles. The summed E-state index contributed by atoms with van der Waals surface area (Å²) in [5.41, 5.74) is 7.82. The van der Waals surface area contributed by atoms with Crippen LogP contribution in [0.3, 0.4) is 0 Å². The molecule has 4 aliphatic rings. The lowest BCUT2D eigenvalue weighted by molar-refractivity contribution is -0.691. The van der Waals surface area contributed by atoms with Crippen LogP contribution in [-0.4, -0.2) is 45.6 Å². The Bertz CT molecular complexity index is 2260. The van der Waals surface area contributed by atoms with Crippen LogP contribution >= 0.6 is 0 Å². The number of nitrogens with zero attached hydrogens (tertiary/aromatic N) is 10. The zero-order valence-corrected chi connectivity index (χ0v) is 30.3. The first-order valence-corrected chi connectivity index (χ1v) is 17.3. The van der Waals surface area contributed by atoms with Gasteiger partial charge in [0.15, 0.2) is 11.6 Å². The molecule has 0 bridgehead atoms. The van der Waals surface area contributed by atoms with Crippen LogP contribution in [0.25, 0.3) is 32.2 Å². The fourth-order valence-electron chi connectivity index (χ4n) is 9.52. The highest BCUT2D eigenvalue weighted by Crippen LogP contribution is 2.52. The number of ketones is 2. The van der Waals surface area contributed by atoms with Crippen molar-refractivity contribution in [2.24, 2.45) is 51.9 Å². The summed E-state index contributed by atoms with van der Waals surface area (Å²) in [7, 11) is 7.44. The van der Waals surface area contributed by atoms with Crippen molar-refractivity contribution in [1.29, 1.82) is 0 Å². The molecule has 0 saturated carbocycles. The SMILES string of the molecule is C.C.[C-]#[N+]C1=C[C@]2(C)c3nn(C)c(-c4cn(C)[n+]([O-])c4)c3CC[C@H]2[C@H](C)C1=O.[C-]#[N+]C1=C[C@]2(C)c3nn(C)c(-c4cnn(C)c4)c3CC[C@H]2[C@H](C)C1=O. The molecule has 0 spiro atoms. The molecule has 4 aromatic heterocycles. The number of allylic oxidation sites excluding steroid dienone is 4. The highest BCUT2D eigenvalue weighted by Gasteiger charge is 2.51. The van der Waals surface area contributed by atoms with Crippen molar-refractivity contribution < 1.29 is 14.4 Å². The Hall–Kier alpha value is -5.56. The quantitative estimate of drug-likeness (QED) is 0.146. The molecule has 278 valence electrons. The Morgan fingerprint density at radius 3 is 1.62 bits per heavy atom. The standard InChI is InChI=1S/C19H21N5O2.C19H21N5O.2CH4/c1-11-14-7-6-13-16(12-9-22(4)24(26)10-12)23(5)21-18(13)19(14,2)8-15(20-3)17(11)25;1-11-14-7-6-13-16(12-9-21-23(4)10-12)24(5)22-18(13)19(14,2)8-15(20-3)17(11)25;;/h8-11,14H,6-7H2,1-2,4-5H3;8-11,14H,6-7H2,1-2,4-5H3;2*1H4/t2*11-,14-,19-;;/m00../s1. The summed E-state index contributed by atoms with van der Waals surface area (Å²) in [5.74, 6) is -0.0863. The van der Waals surface area contributed by atoms with Gasteiger partial charge in [-0.1, -0.05) is 59.5 Å². The van der Waals surface area contributed by atoms with Gasteiger partial charge < -0.3 is 14.8 Å². The fourth-order valence-corrected chi connectivity index (χ4v) is 9.52. The van der Waals surface area contributed by atoms with Crippen LogP contribution in [0, 0.1) is 42.0 Å². The lowest BCUT2D eigenvalue weighted by Crippen LogP contribution is -2.45. The molecule has 4 heterocycles. The smallest absolute Gasteiger partial charge is 0.226 e. The molecule has 0 aromatic carbocycles. The van der Waals surface area contributed by atoms with Crippen molar-refractivity contribution in [1.82, 2.24) is 34.0 Å². The molecular formula is C40H50N10O3. The van der Waals surface area contributed by atoms with Gasteiger partial charge in [-0.15, -0.1) is 0 Å². The van der Waals surface area contributed by atoms with Crippen LogP contribution in [0.4, 0.5) is 0 Å². The second-order valence-corrected chi connectivity index (χ2v) is 15.0. The molecule has 13 heteroatoms. The largest absolute Gasteiger partial charge is 0.596 e. The minimum Gasteiger partial charge on any atom is -0.596 e. The number of hydrogen-bond acceptors (Lipinski definition) is 6. The predicted molar refractivity (Wildman–Crippen MR) is 201 cm³/mol. The minimum atomic E-state index is -0.445. The Morgan fingerprint density at radius 2 is 1.25 bits per heavy atom. The van der Waals surface area contributed by atoms with Gasteiger partial charge in [-0.3, -0.25) is 14.0 Å². The van der Waals surface area contributed by atoms with Crippen molar-refractivity contribution in [3.63, 3.8) is 0 Å². The van der Waals surface area contributed by atoms with E-state index in [0.29, 0.717) is 0 Å². The summed E-state index contributed by atoms with van der Waals surface area (Å²) >= 11 is 0. The third-order valence-corrected chi connectivity index (χ3v) is 12.1. The Balaban J connectivity index is 0.000000197. The van der Waals surface area contributed by atoms with Crippen molar-refractivity contribution in [3.8, 4) is 22.5 Å². The van der Waals surface area contributed by atoms with Crippen LogP contribution in [0.15, 0.2) is 48.3 Å². The molecular weight excluding hydrogens is 669 g/mol. The molecule has 4 aromatic rings.